The summed E-state index contributed by atoms with van der Waals surface area (Å²) in [6.07, 6.45) is 1.02. The molecule has 7 rings (SSSR count). The second-order valence-corrected chi connectivity index (χ2v) is 12.5. The number of nitrogens with one attached hydrogen (secondary N) is 1. The van der Waals surface area contributed by atoms with Crippen molar-refractivity contribution in [1.82, 2.24) is 34.3 Å². The van der Waals surface area contributed by atoms with E-state index < -0.39 is 18.5 Å². The molecule has 1 aliphatic heterocycles. The zero-order valence-electron chi connectivity index (χ0n) is 29.1. The number of amides is 2. The third-order valence-electron chi connectivity index (χ3n) is 8.97. The van der Waals surface area contributed by atoms with Gasteiger partial charge in [-0.25, -0.2) is 24.0 Å². The average Bonchev–Trinajstić information content (AvgIpc) is 3.92. The number of likely N-dealkylation sites (tertiary alicyclic amines) is 1. The summed E-state index contributed by atoms with van der Waals surface area (Å²) in [5.41, 5.74) is 6.14. The molecule has 1 saturated heterocycles. The zero-order chi connectivity index (χ0) is 37.1. The number of alkyl halides is 3. The van der Waals surface area contributed by atoms with Crippen LogP contribution in [0.4, 0.5) is 29.5 Å². The molecule has 1 atom stereocenters. The van der Waals surface area contributed by atoms with E-state index in [1.807, 2.05) is 67.7 Å². The Morgan fingerprint density at radius 3 is 2.25 bits per heavy atom. The Kier molecular flexibility index (Phi) is 9.86. The van der Waals surface area contributed by atoms with Gasteiger partial charge in [0.05, 0.1) is 44.1 Å². The van der Waals surface area contributed by atoms with E-state index in [1.165, 1.54) is 11.2 Å². The molecule has 0 spiro atoms. The van der Waals surface area contributed by atoms with Crippen molar-refractivity contribution < 1.29 is 32.2 Å². The molecular weight excluding hydrogens is 691 g/mol. The number of aryl methyl sites for hydroxylation is 1. The van der Waals surface area contributed by atoms with Crippen LogP contribution in [-0.4, -0.2) is 80.1 Å². The fourth-order valence-corrected chi connectivity index (χ4v) is 6.25. The van der Waals surface area contributed by atoms with Crippen molar-refractivity contribution in [2.75, 3.05) is 37.5 Å². The second kappa shape index (κ2) is 14.8. The van der Waals surface area contributed by atoms with E-state index in [2.05, 4.69) is 30.1 Å². The van der Waals surface area contributed by atoms with Crippen LogP contribution in [0.15, 0.2) is 91.6 Å². The largest absolute Gasteiger partial charge is 0.522 e. The number of carbonyl (C=O) groups excluding carboxylic acids is 1. The minimum absolute atomic E-state index is 0.0984. The molecule has 6 aromatic rings. The maximum absolute atomic E-state index is 12.9. The van der Waals surface area contributed by atoms with Gasteiger partial charge in [0.25, 0.3) is 0 Å². The Labute approximate surface area is 302 Å². The van der Waals surface area contributed by atoms with E-state index in [9.17, 15) is 18.0 Å². The molecule has 2 amide bonds. The van der Waals surface area contributed by atoms with Gasteiger partial charge in [0.15, 0.2) is 11.5 Å². The van der Waals surface area contributed by atoms with Crippen molar-refractivity contribution in [3.05, 3.63) is 108 Å². The van der Waals surface area contributed by atoms with Crippen LogP contribution in [0.1, 0.15) is 23.1 Å². The van der Waals surface area contributed by atoms with Gasteiger partial charge in [-0.2, -0.15) is 10.2 Å². The fourth-order valence-electron chi connectivity index (χ4n) is 6.25. The van der Waals surface area contributed by atoms with E-state index in [0.717, 1.165) is 33.8 Å². The molecule has 3 aromatic heterocycles. The number of methoxy groups -OCH3 is 2. The van der Waals surface area contributed by atoms with Crippen molar-refractivity contribution in [3.8, 4) is 28.4 Å². The first-order valence-corrected chi connectivity index (χ1v) is 16.7. The predicted octanol–water partition coefficient (Wildman–Crippen LogP) is 6.65. The monoisotopic (exact) mass is 727 g/mol. The molecule has 13 nitrogen and oxygen atoms in total. The molecule has 274 valence electrons. The fraction of sp³-hybridized carbons (Fsp3) is 0.270. The summed E-state index contributed by atoms with van der Waals surface area (Å²) in [6.45, 7) is 2.98. The summed E-state index contributed by atoms with van der Waals surface area (Å²) in [4.78, 5) is 25.8. The minimum atomic E-state index is -4.75. The van der Waals surface area contributed by atoms with Crippen molar-refractivity contribution >= 4 is 23.2 Å². The molecule has 1 unspecified atom stereocenters. The molecule has 0 aliphatic carbocycles. The number of hydrogen-bond acceptors (Lipinski definition) is 9. The van der Waals surface area contributed by atoms with Gasteiger partial charge in [-0.1, -0.05) is 30.3 Å². The summed E-state index contributed by atoms with van der Waals surface area (Å²) >= 11 is 0. The number of hydrogen-bond donors (Lipinski definition) is 1. The molecule has 1 fully saturated rings. The Morgan fingerprint density at radius 1 is 0.925 bits per heavy atom. The van der Waals surface area contributed by atoms with Crippen LogP contribution in [0.5, 0.6) is 11.5 Å². The van der Waals surface area contributed by atoms with E-state index in [4.69, 9.17) is 14.5 Å². The highest BCUT2D eigenvalue weighted by Gasteiger charge is 2.37. The van der Waals surface area contributed by atoms with Crippen molar-refractivity contribution in [3.63, 3.8) is 0 Å². The number of aromatic nitrogens is 6. The van der Waals surface area contributed by atoms with Crippen LogP contribution < -0.4 is 19.7 Å². The number of anilines is 2. The van der Waals surface area contributed by atoms with Crippen molar-refractivity contribution in [2.24, 2.45) is 0 Å². The highest BCUT2D eigenvalue weighted by Crippen LogP contribution is 2.29. The molecule has 16 heteroatoms. The Hall–Kier alpha value is -6.16. The lowest BCUT2D eigenvalue weighted by atomic mass is 10.1. The van der Waals surface area contributed by atoms with Crippen LogP contribution in [0.3, 0.4) is 0 Å². The van der Waals surface area contributed by atoms with Crippen LogP contribution in [0.25, 0.3) is 22.6 Å². The maximum Gasteiger partial charge on any atom is 0.522 e. The van der Waals surface area contributed by atoms with Crippen LogP contribution >= 0.6 is 0 Å². The topological polar surface area (TPSA) is 124 Å². The molecule has 53 heavy (non-hydrogen) atoms. The van der Waals surface area contributed by atoms with Gasteiger partial charge < -0.3 is 24.6 Å². The summed E-state index contributed by atoms with van der Waals surface area (Å²) in [5, 5.41) is 11.9. The van der Waals surface area contributed by atoms with Crippen LogP contribution in [0, 0.1) is 6.92 Å². The molecule has 1 N–H and O–H groups in total. The van der Waals surface area contributed by atoms with Crippen molar-refractivity contribution in [1.29, 1.82) is 0 Å². The van der Waals surface area contributed by atoms with E-state index in [-0.39, 0.29) is 19.5 Å². The highest BCUT2D eigenvalue weighted by atomic mass is 19.4. The van der Waals surface area contributed by atoms with Crippen LogP contribution in [0.2, 0.25) is 0 Å². The first kappa shape index (κ1) is 35.3. The zero-order valence-corrected chi connectivity index (χ0v) is 29.1. The Balaban J connectivity index is 1.13. The molecule has 3 aromatic carbocycles. The summed E-state index contributed by atoms with van der Waals surface area (Å²) in [7, 11) is 3.27. The lowest BCUT2D eigenvalue weighted by Gasteiger charge is -2.24. The molecule has 1 aliphatic rings. The number of benzene rings is 3. The number of fused-ring (bicyclic) bond motifs is 1. The maximum atomic E-state index is 12.9. The average molecular weight is 728 g/mol. The van der Waals surface area contributed by atoms with Gasteiger partial charge in [-0.05, 0) is 66.4 Å². The van der Waals surface area contributed by atoms with Gasteiger partial charge in [0.2, 0.25) is 0 Å². The normalized spacial score (nSPS) is 14.5. The Bertz CT molecular complexity index is 2160. The lowest BCUT2D eigenvalue weighted by molar-refractivity contribution is -0.340. The van der Waals surface area contributed by atoms with Gasteiger partial charge in [0.1, 0.15) is 17.8 Å². The number of nitrogens with zero attached hydrogens (tertiary/aromatic N) is 8. The summed E-state index contributed by atoms with van der Waals surface area (Å²) < 4.78 is 56.2. The Morgan fingerprint density at radius 2 is 1.60 bits per heavy atom. The first-order chi connectivity index (χ1) is 25.6. The number of imidazole rings is 1. The SMILES string of the molecule is COc1ccc(CN(Cc2ccc(OC)cc2)c2ncnn3c(-c4cnn(-c5cc(NC(=O)N6CCC(OC(F)(F)F)C6)ccc5C)c4)cnc23)cc1. The van der Waals surface area contributed by atoms with E-state index in [1.54, 1.807) is 47.9 Å². The number of carbonyl (C=O) groups is 1. The van der Waals surface area contributed by atoms with Gasteiger partial charge in [-0.15, -0.1) is 13.2 Å². The first-order valence-electron chi connectivity index (χ1n) is 16.7. The van der Waals surface area contributed by atoms with Crippen molar-refractivity contribution in [2.45, 2.75) is 38.9 Å². The predicted molar refractivity (Wildman–Crippen MR) is 190 cm³/mol. The van der Waals surface area contributed by atoms with Gasteiger partial charge >= 0.3 is 12.4 Å². The number of urea groups is 1. The molecule has 0 saturated carbocycles. The molecule has 0 radical (unpaired) electrons. The molecule has 0 bridgehead atoms. The quantitative estimate of drug-likeness (QED) is 0.156. The third kappa shape index (κ3) is 8.02. The smallest absolute Gasteiger partial charge is 0.497 e. The van der Waals surface area contributed by atoms with Gasteiger partial charge in [0, 0.05) is 43.6 Å². The number of halogens is 3. The van der Waals surface area contributed by atoms with E-state index in [0.29, 0.717) is 41.6 Å². The second-order valence-electron chi connectivity index (χ2n) is 12.5. The highest BCUT2D eigenvalue weighted by molar-refractivity contribution is 5.90. The van der Waals surface area contributed by atoms with Crippen LogP contribution in [-0.2, 0) is 17.8 Å². The third-order valence-corrected chi connectivity index (χ3v) is 8.97. The van der Waals surface area contributed by atoms with E-state index >= 15 is 0 Å². The number of ether oxygens (including phenoxy) is 3. The van der Waals surface area contributed by atoms with Gasteiger partial charge in [-0.3, -0.25) is 4.74 Å². The summed E-state index contributed by atoms with van der Waals surface area (Å²) in [6, 6.07) is 20.6. The summed E-state index contributed by atoms with van der Waals surface area (Å²) in [5.74, 6) is 2.17. The molecule has 4 heterocycles. The standard InChI is InChI=1S/C37H36F3N9O4/c1-24-4-9-28(45-36(50)46-15-14-31(22-46)53-37(38,39)40)16-32(24)48-21-27(17-43-48)33-18-41-35-34(42-23-44-49(33)35)47(19-25-5-10-29(51-2)11-6-25)20-26-7-12-30(52-3)13-8-26/h4-13,16-18,21,23,31H,14-15,19-20,22H2,1-3H3,(H,45,50). The minimum Gasteiger partial charge on any atom is -0.497 e. The number of rotatable bonds is 11. The molecular formula is C37H36F3N9O4. The lowest BCUT2D eigenvalue weighted by Crippen LogP contribution is -2.35.